The normalized spacial score (nSPS) is 22.1. The van der Waals surface area contributed by atoms with Crippen molar-refractivity contribution in [1.82, 2.24) is 10.3 Å². The van der Waals surface area contributed by atoms with Gasteiger partial charge in [-0.05, 0) is 44.1 Å². The van der Waals surface area contributed by atoms with E-state index in [9.17, 15) is 9.90 Å². The van der Waals surface area contributed by atoms with Gasteiger partial charge in [-0.2, -0.15) is 0 Å². The van der Waals surface area contributed by atoms with Crippen LogP contribution < -0.4 is 5.32 Å². The maximum absolute atomic E-state index is 12.4. The number of carbonyl (C=O) groups is 1. The Morgan fingerprint density at radius 2 is 2.27 bits per heavy atom. The molecule has 1 atom stereocenters. The van der Waals surface area contributed by atoms with Gasteiger partial charge in [-0.3, -0.25) is 4.79 Å². The molecule has 0 saturated heterocycles. The lowest BCUT2D eigenvalue weighted by molar-refractivity contribution is -0.122. The van der Waals surface area contributed by atoms with E-state index in [2.05, 4.69) is 16.4 Å². The number of nitrogens with zero attached hydrogens (tertiary/aromatic N) is 1. The molecule has 22 heavy (non-hydrogen) atoms. The Morgan fingerprint density at radius 1 is 1.50 bits per heavy atom. The van der Waals surface area contributed by atoms with Crippen molar-refractivity contribution < 1.29 is 9.90 Å². The Hall–Kier alpha value is -1.24. The van der Waals surface area contributed by atoms with Crippen LogP contribution in [-0.2, 0) is 11.2 Å². The molecule has 4 nitrogen and oxygen atoms in total. The molecule has 0 spiro atoms. The molecule has 2 N–H and O–H groups in total. The summed E-state index contributed by atoms with van der Waals surface area (Å²) in [6.45, 7) is 3.91. The van der Waals surface area contributed by atoms with Crippen molar-refractivity contribution in [3.05, 3.63) is 38.0 Å². The van der Waals surface area contributed by atoms with Gasteiger partial charge in [0.15, 0.2) is 0 Å². The summed E-state index contributed by atoms with van der Waals surface area (Å²) in [5.74, 6) is 0.369. The molecule has 2 aromatic heterocycles. The summed E-state index contributed by atoms with van der Waals surface area (Å²) in [5, 5.41) is 15.7. The van der Waals surface area contributed by atoms with Crippen molar-refractivity contribution in [2.45, 2.75) is 45.3 Å². The highest BCUT2D eigenvalue weighted by atomic mass is 32.1. The highest BCUT2D eigenvalue weighted by molar-refractivity contribution is 7.11. The van der Waals surface area contributed by atoms with E-state index in [-0.39, 0.29) is 18.1 Å². The minimum atomic E-state index is -0.212. The average molecular weight is 336 g/mol. The number of aliphatic hydroxyl groups excluding tert-OH is 1. The van der Waals surface area contributed by atoms with Gasteiger partial charge in [-0.1, -0.05) is 6.07 Å². The van der Waals surface area contributed by atoms with Crippen LogP contribution in [0.5, 0.6) is 0 Å². The fourth-order valence-corrected chi connectivity index (χ4v) is 4.70. The lowest BCUT2D eigenvalue weighted by Gasteiger charge is -2.37. The maximum atomic E-state index is 12.4. The van der Waals surface area contributed by atoms with Gasteiger partial charge >= 0.3 is 0 Å². The quantitative estimate of drug-likeness (QED) is 0.882. The standard InChI is InChI=1S/C16H20N2O2S2/c1-9-14(22-10(2)17-9)8-15(20)18-16(11-6-12(19)7-11)13-4-3-5-21-13/h3-5,11-12,16,19H,6-8H2,1-2H3,(H,18,20)/t11?,12?,16-/m1/s1. The van der Waals surface area contributed by atoms with E-state index in [1.54, 1.807) is 22.7 Å². The monoisotopic (exact) mass is 336 g/mol. The summed E-state index contributed by atoms with van der Waals surface area (Å²) in [6, 6.07) is 4.08. The minimum absolute atomic E-state index is 0.0187. The second-order valence-corrected chi connectivity index (χ2v) is 8.13. The van der Waals surface area contributed by atoms with E-state index in [1.165, 1.54) is 4.88 Å². The van der Waals surface area contributed by atoms with Gasteiger partial charge in [0, 0.05) is 9.75 Å². The molecular weight excluding hydrogens is 316 g/mol. The second kappa shape index (κ2) is 6.48. The van der Waals surface area contributed by atoms with E-state index in [1.807, 2.05) is 25.3 Å². The first kappa shape index (κ1) is 15.6. The van der Waals surface area contributed by atoms with Crippen molar-refractivity contribution in [3.63, 3.8) is 0 Å². The number of aliphatic hydroxyl groups is 1. The van der Waals surface area contributed by atoms with Gasteiger partial charge in [-0.25, -0.2) is 4.98 Å². The molecule has 118 valence electrons. The number of thiazole rings is 1. The summed E-state index contributed by atoms with van der Waals surface area (Å²) in [5.41, 5.74) is 0.949. The molecule has 1 fully saturated rings. The van der Waals surface area contributed by atoms with Gasteiger partial charge < -0.3 is 10.4 Å². The first-order valence-corrected chi connectivity index (χ1v) is 9.16. The van der Waals surface area contributed by atoms with Crippen LogP contribution in [0.4, 0.5) is 0 Å². The van der Waals surface area contributed by atoms with Crippen LogP contribution in [0.1, 0.15) is 39.3 Å². The number of rotatable bonds is 5. The number of aromatic nitrogens is 1. The molecule has 2 aromatic rings. The Bertz CT molecular complexity index is 645. The second-order valence-electron chi connectivity index (χ2n) is 5.86. The summed E-state index contributed by atoms with van der Waals surface area (Å²) in [6.07, 6.45) is 1.70. The zero-order valence-corrected chi connectivity index (χ0v) is 14.3. The lowest BCUT2D eigenvalue weighted by Crippen LogP contribution is -2.41. The van der Waals surface area contributed by atoms with E-state index >= 15 is 0 Å². The third kappa shape index (κ3) is 3.39. The summed E-state index contributed by atoms with van der Waals surface area (Å²) in [4.78, 5) is 19.0. The lowest BCUT2D eigenvalue weighted by atomic mass is 9.76. The summed E-state index contributed by atoms with van der Waals surface area (Å²) >= 11 is 3.25. The number of hydrogen-bond donors (Lipinski definition) is 2. The third-order valence-electron chi connectivity index (χ3n) is 4.11. The smallest absolute Gasteiger partial charge is 0.225 e. The minimum Gasteiger partial charge on any atom is -0.393 e. The first-order valence-electron chi connectivity index (χ1n) is 7.46. The Balaban J connectivity index is 1.68. The zero-order chi connectivity index (χ0) is 15.7. The fraction of sp³-hybridized carbons (Fsp3) is 0.500. The molecule has 0 radical (unpaired) electrons. The number of nitrogens with one attached hydrogen (secondary N) is 1. The Morgan fingerprint density at radius 3 is 2.82 bits per heavy atom. The molecule has 0 aromatic carbocycles. The molecule has 0 unspecified atom stereocenters. The number of carbonyl (C=O) groups excluding carboxylic acids is 1. The number of aryl methyl sites for hydroxylation is 2. The zero-order valence-electron chi connectivity index (χ0n) is 12.7. The van der Waals surface area contributed by atoms with Crippen LogP contribution in [0.2, 0.25) is 0 Å². The largest absolute Gasteiger partial charge is 0.393 e. The molecule has 6 heteroatoms. The molecular formula is C16H20N2O2S2. The summed E-state index contributed by atoms with van der Waals surface area (Å²) in [7, 11) is 0. The molecule has 2 heterocycles. The van der Waals surface area contributed by atoms with Crippen LogP contribution in [-0.4, -0.2) is 22.1 Å². The van der Waals surface area contributed by atoms with Crippen LogP contribution in [0, 0.1) is 19.8 Å². The third-order valence-corrected chi connectivity index (χ3v) is 6.14. The summed E-state index contributed by atoms with van der Waals surface area (Å²) < 4.78 is 0. The fourth-order valence-electron chi connectivity index (χ4n) is 2.90. The van der Waals surface area contributed by atoms with Gasteiger partial charge in [-0.15, -0.1) is 22.7 Å². The molecule has 1 amide bonds. The topological polar surface area (TPSA) is 62.2 Å². The van der Waals surface area contributed by atoms with Gasteiger partial charge in [0.2, 0.25) is 5.91 Å². The number of thiophene rings is 1. The van der Waals surface area contributed by atoms with Crippen LogP contribution in [0.3, 0.4) is 0 Å². The number of amides is 1. The molecule has 1 aliphatic rings. The molecule has 1 aliphatic carbocycles. The van der Waals surface area contributed by atoms with Gasteiger partial charge in [0.1, 0.15) is 0 Å². The van der Waals surface area contributed by atoms with E-state index in [0.29, 0.717) is 12.3 Å². The van der Waals surface area contributed by atoms with E-state index in [4.69, 9.17) is 0 Å². The van der Waals surface area contributed by atoms with Gasteiger partial charge in [0.25, 0.3) is 0 Å². The molecule has 3 rings (SSSR count). The maximum Gasteiger partial charge on any atom is 0.225 e. The van der Waals surface area contributed by atoms with Crippen molar-refractivity contribution in [1.29, 1.82) is 0 Å². The van der Waals surface area contributed by atoms with Crippen LogP contribution in [0.15, 0.2) is 17.5 Å². The van der Waals surface area contributed by atoms with Crippen LogP contribution >= 0.6 is 22.7 Å². The van der Waals surface area contributed by atoms with E-state index < -0.39 is 0 Å². The first-order chi connectivity index (χ1) is 10.5. The predicted molar refractivity (Wildman–Crippen MR) is 89.2 cm³/mol. The Kier molecular flexibility index (Phi) is 4.61. The van der Waals surface area contributed by atoms with Gasteiger partial charge in [0.05, 0.1) is 29.3 Å². The molecule has 0 aliphatic heterocycles. The van der Waals surface area contributed by atoms with Crippen molar-refractivity contribution in [2.24, 2.45) is 5.92 Å². The van der Waals surface area contributed by atoms with Crippen molar-refractivity contribution >= 4 is 28.6 Å². The highest BCUT2D eigenvalue weighted by Crippen LogP contribution is 2.39. The highest BCUT2D eigenvalue weighted by Gasteiger charge is 2.36. The molecule has 1 saturated carbocycles. The van der Waals surface area contributed by atoms with Crippen LogP contribution in [0.25, 0.3) is 0 Å². The molecule has 0 bridgehead atoms. The van der Waals surface area contributed by atoms with E-state index in [0.717, 1.165) is 28.4 Å². The van der Waals surface area contributed by atoms with Crippen molar-refractivity contribution in [3.8, 4) is 0 Å². The SMILES string of the molecule is Cc1nc(C)c(CC(=O)N[C@@H](c2cccs2)C2CC(O)C2)s1. The van der Waals surface area contributed by atoms with Crippen molar-refractivity contribution in [2.75, 3.05) is 0 Å². The Labute approximate surface area is 138 Å². The predicted octanol–water partition coefficient (Wildman–Crippen LogP) is 2.99. The number of hydrogen-bond acceptors (Lipinski definition) is 5. The average Bonchev–Trinajstić information content (AvgIpc) is 3.03.